The molecular formula is C8H16OS2. The van der Waals surface area contributed by atoms with Crippen molar-refractivity contribution >= 4 is 22.6 Å². The first kappa shape index (κ1) is 9.59. The average molecular weight is 192 g/mol. The summed E-state index contributed by atoms with van der Waals surface area (Å²) in [6.07, 6.45) is 5.00. The van der Waals surface area contributed by atoms with E-state index in [1.807, 2.05) is 11.8 Å². The van der Waals surface area contributed by atoms with Crippen LogP contribution in [0.5, 0.6) is 0 Å². The lowest BCUT2D eigenvalue weighted by molar-refractivity contribution is 0.664. The maximum atomic E-state index is 11.3. The molecule has 0 unspecified atom stereocenters. The third-order valence-corrected chi connectivity index (χ3v) is 5.71. The molecule has 1 heterocycles. The van der Waals surface area contributed by atoms with Gasteiger partial charge in [0.05, 0.1) is 4.58 Å². The van der Waals surface area contributed by atoms with Crippen LogP contribution in [0.2, 0.25) is 0 Å². The first-order valence-corrected chi connectivity index (χ1v) is 6.76. The third kappa shape index (κ3) is 3.16. The van der Waals surface area contributed by atoms with Gasteiger partial charge in [-0.25, -0.2) is 0 Å². The molecule has 0 aromatic rings. The van der Waals surface area contributed by atoms with Gasteiger partial charge in [-0.2, -0.15) is 0 Å². The second-order valence-corrected chi connectivity index (χ2v) is 6.23. The Hall–Kier alpha value is 0.500. The molecule has 11 heavy (non-hydrogen) atoms. The molecule has 2 atom stereocenters. The second-order valence-electron chi connectivity index (χ2n) is 2.88. The molecule has 3 heteroatoms. The van der Waals surface area contributed by atoms with E-state index < -0.39 is 10.8 Å². The highest BCUT2D eigenvalue weighted by Gasteiger charge is 2.22. The van der Waals surface area contributed by atoms with E-state index in [4.69, 9.17) is 0 Å². The molecule has 0 radical (unpaired) electrons. The molecule has 0 aliphatic carbocycles. The van der Waals surface area contributed by atoms with Gasteiger partial charge in [-0.1, -0.05) is 26.2 Å². The van der Waals surface area contributed by atoms with Crippen molar-refractivity contribution in [1.29, 1.82) is 0 Å². The summed E-state index contributed by atoms with van der Waals surface area (Å²) in [7, 11) is -0.501. The van der Waals surface area contributed by atoms with Crippen molar-refractivity contribution in [2.75, 3.05) is 11.5 Å². The van der Waals surface area contributed by atoms with Gasteiger partial charge < -0.3 is 0 Å². The highest BCUT2D eigenvalue weighted by molar-refractivity contribution is 8.14. The maximum absolute atomic E-state index is 11.3. The molecular weight excluding hydrogens is 176 g/mol. The van der Waals surface area contributed by atoms with Gasteiger partial charge in [-0.15, -0.1) is 11.8 Å². The van der Waals surface area contributed by atoms with Crippen molar-refractivity contribution in [1.82, 2.24) is 0 Å². The topological polar surface area (TPSA) is 17.1 Å². The van der Waals surface area contributed by atoms with Crippen molar-refractivity contribution < 1.29 is 4.21 Å². The minimum Gasteiger partial charge on any atom is -0.258 e. The Morgan fingerprint density at radius 2 is 2.36 bits per heavy atom. The zero-order valence-corrected chi connectivity index (χ0v) is 8.68. The van der Waals surface area contributed by atoms with Crippen LogP contribution >= 0.6 is 11.8 Å². The number of rotatable bonds is 4. The van der Waals surface area contributed by atoms with Crippen molar-refractivity contribution in [2.24, 2.45) is 0 Å². The van der Waals surface area contributed by atoms with Crippen LogP contribution in [0.15, 0.2) is 0 Å². The van der Waals surface area contributed by atoms with E-state index >= 15 is 0 Å². The van der Waals surface area contributed by atoms with E-state index in [0.717, 1.165) is 11.5 Å². The molecule has 0 N–H and O–H groups in total. The lowest BCUT2D eigenvalue weighted by Crippen LogP contribution is -2.05. The van der Waals surface area contributed by atoms with E-state index in [-0.39, 0.29) is 0 Å². The molecule has 0 bridgehead atoms. The van der Waals surface area contributed by atoms with Crippen LogP contribution < -0.4 is 0 Å². The molecule has 1 fully saturated rings. The highest BCUT2D eigenvalue weighted by atomic mass is 32.2. The van der Waals surface area contributed by atoms with Crippen LogP contribution in [-0.2, 0) is 10.8 Å². The summed E-state index contributed by atoms with van der Waals surface area (Å²) in [4.78, 5) is 0. The van der Waals surface area contributed by atoms with Crippen LogP contribution in [0.25, 0.3) is 0 Å². The molecule has 0 aromatic carbocycles. The molecule has 0 aromatic heterocycles. The number of thioether (sulfide) groups is 1. The van der Waals surface area contributed by atoms with Crippen molar-refractivity contribution in [2.45, 2.75) is 37.2 Å². The lowest BCUT2D eigenvalue weighted by atomic mass is 10.2. The quantitative estimate of drug-likeness (QED) is 0.636. The Balaban J connectivity index is 2.10. The van der Waals surface area contributed by atoms with Gasteiger partial charge in [0.2, 0.25) is 0 Å². The minimum absolute atomic E-state index is 0.474. The van der Waals surface area contributed by atoms with Crippen LogP contribution in [-0.4, -0.2) is 20.3 Å². The second kappa shape index (κ2) is 5.20. The Morgan fingerprint density at radius 3 is 2.91 bits per heavy atom. The number of hydrogen-bond donors (Lipinski definition) is 0. The summed E-state index contributed by atoms with van der Waals surface area (Å²) < 4.78 is 11.7. The summed E-state index contributed by atoms with van der Waals surface area (Å²) >= 11 is 1.90. The fourth-order valence-electron chi connectivity index (χ4n) is 1.24. The molecule has 0 spiro atoms. The van der Waals surface area contributed by atoms with E-state index in [0.29, 0.717) is 4.58 Å². The number of hydrogen-bond acceptors (Lipinski definition) is 2. The van der Waals surface area contributed by atoms with Crippen LogP contribution in [0.4, 0.5) is 0 Å². The molecule has 1 nitrogen and oxygen atoms in total. The number of unbranched alkanes of at least 4 members (excludes halogenated alkanes) is 2. The molecule has 1 aliphatic rings. The Kier molecular flexibility index (Phi) is 4.53. The first-order valence-electron chi connectivity index (χ1n) is 4.33. The minimum atomic E-state index is -0.501. The fraction of sp³-hybridized carbons (Fsp3) is 1.00. The van der Waals surface area contributed by atoms with Gasteiger partial charge in [0.1, 0.15) is 0 Å². The van der Waals surface area contributed by atoms with Gasteiger partial charge in [0, 0.05) is 22.3 Å². The summed E-state index contributed by atoms with van der Waals surface area (Å²) in [5.41, 5.74) is 0. The normalized spacial score (nSPS) is 31.0. The standard InChI is InChI=1S/C8H16OS2/c1-2-3-4-5-8-10-6-7-11(8)9/h8H,2-7H2,1H3/t8-,11+/m0/s1. The van der Waals surface area contributed by atoms with Gasteiger partial charge in [-0.3, -0.25) is 4.21 Å². The summed E-state index contributed by atoms with van der Waals surface area (Å²) in [5.74, 6) is 2.05. The van der Waals surface area contributed by atoms with Gasteiger partial charge in [0.25, 0.3) is 0 Å². The largest absolute Gasteiger partial charge is 0.258 e. The monoisotopic (exact) mass is 192 g/mol. The zero-order valence-electron chi connectivity index (χ0n) is 7.04. The SMILES string of the molecule is CCCCC[C@H]1SCC[S@]1=O. The molecule has 1 rings (SSSR count). The van der Waals surface area contributed by atoms with Crippen LogP contribution in [0.1, 0.15) is 32.6 Å². The fourth-order valence-corrected chi connectivity index (χ4v) is 4.76. The highest BCUT2D eigenvalue weighted by Crippen LogP contribution is 2.27. The Bertz CT molecular complexity index is 136. The molecule has 1 aliphatic heterocycles. The predicted octanol–water partition coefficient (Wildman–Crippen LogP) is 2.39. The van der Waals surface area contributed by atoms with Crippen LogP contribution in [0.3, 0.4) is 0 Å². The van der Waals surface area contributed by atoms with Crippen molar-refractivity contribution in [3.8, 4) is 0 Å². The predicted molar refractivity (Wildman–Crippen MR) is 53.4 cm³/mol. The molecule has 1 saturated heterocycles. The Labute approximate surface area is 75.8 Å². The molecule has 0 amide bonds. The van der Waals surface area contributed by atoms with Gasteiger partial charge in [-0.05, 0) is 6.42 Å². The summed E-state index contributed by atoms with van der Waals surface area (Å²) in [6, 6.07) is 0. The lowest BCUT2D eigenvalue weighted by Gasteiger charge is -2.05. The van der Waals surface area contributed by atoms with E-state index in [1.165, 1.54) is 25.7 Å². The van der Waals surface area contributed by atoms with E-state index in [9.17, 15) is 4.21 Å². The van der Waals surface area contributed by atoms with E-state index in [2.05, 4.69) is 6.92 Å². The molecule has 66 valence electrons. The van der Waals surface area contributed by atoms with Crippen LogP contribution in [0, 0.1) is 0 Å². The van der Waals surface area contributed by atoms with Crippen molar-refractivity contribution in [3.05, 3.63) is 0 Å². The average Bonchev–Trinajstić information content (AvgIpc) is 2.37. The smallest absolute Gasteiger partial charge is 0.0802 e. The zero-order chi connectivity index (χ0) is 8.10. The third-order valence-electron chi connectivity index (χ3n) is 1.92. The summed E-state index contributed by atoms with van der Waals surface area (Å²) in [5, 5.41) is 0. The Morgan fingerprint density at radius 1 is 1.55 bits per heavy atom. The van der Waals surface area contributed by atoms with Crippen molar-refractivity contribution in [3.63, 3.8) is 0 Å². The maximum Gasteiger partial charge on any atom is 0.0802 e. The molecule has 0 saturated carbocycles. The first-order chi connectivity index (χ1) is 5.34. The van der Waals surface area contributed by atoms with Gasteiger partial charge in [0.15, 0.2) is 0 Å². The van der Waals surface area contributed by atoms with E-state index in [1.54, 1.807) is 0 Å². The van der Waals surface area contributed by atoms with Gasteiger partial charge >= 0.3 is 0 Å². The summed E-state index contributed by atoms with van der Waals surface area (Å²) in [6.45, 7) is 2.21.